The molecule has 1 heterocycles. The topological polar surface area (TPSA) is 48.3 Å². The molecule has 2 aromatic rings. The molecule has 0 radical (unpaired) electrons. The third-order valence-corrected chi connectivity index (χ3v) is 3.01. The number of imidazole rings is 1. The van der Waals surface area contributed by atoms with Crippen LogP contribution < -0.4 is 14.8 Å². The number of nitrogens with zero attached hydrogens (tertiary/aromatic N) is 2. The Kier molecular flexibility index (Phi) is 5.43. The smallest absolute Gasteiger partial charge is 0.165 e. The van der Waals surface area contributed by atoms with Gasteiger partial charge in [-0.2, -0.15) is 0 Å². The van der Waals surface area contributed by atoms with Crippen molar-refractivity contribution in [3.05, 3.63) is 42.5 Å². The predicted molar refractivity (Wildman–Crippen MR) is 78.1 cm³/mol. The first-order chi connectivity index (χ1) is 9.85. The summed E-state index contributed by atoms with van der Waals surface area (Å²) in [6.45, 7) is 2.31. The molecular formula is C15H21N3O2. The summed E-state index contributed by atoms with van der Waals surface area (Å²) in [6, 6.07) is 5.94. The fraction of sp³-hybridized carbons (Fsp3) is 0.400. The number of nitrogens with one attached hydrogen (secondary N) is 1. The minimum atomic E-state index is 0.648. The summed E-state index contributed by atoms with van der Waals surface area (Å²) >= 11 is 0. The van der Waals surface area contributed by atoms with Crippen molar-refractivity contribution in [2.75, 3.05) is 20.8 Å². The number of methoxy groups -OCH3 is 1. The Morgan fingerprint density at radius 3 is 2.95 bits per heavy atom. The second kappa shape index (κ2) is 7.55. The lowest BCUT2D eigenvalue weighted by Crippen LogP contribution is -2.10. The van der Waals surface area contributed by atoms with Gasteiger partial charge < -0.3 is 19.4 Å². The lowest BCUT2D eigenvalue weighted by atomic mass is 10.2. The molecule has 0 aliphatic rings. The van der Waals surface area contributed by atoms with Gasteiger partial charge in [-0.1, -0.05) is 12.1 Å². The number of benzene rings is 1. The maximum Gasteiger partial charge on any atom is 0.165 e. The lowest BCUT2D eigenvalue weighted by Gasteiger charge is -2.15. The molecule has 2 rings (SSSR count). The first-order valence-corrected chi connectivity index (χ1v) is 6.74. The van der Waals surface area contributed by atoms with E-state index in [0.29, 0.717) is 6.61 Å². The Labute approximate surface area is 119 Å². The van der Waals surface area contributed by atoms with E-state index in [1.165, 1.54) is 0 Å². The zero-order valence-corrected chi connectivity index (χ0v) is 12.0. The van der Waals surface area contributed by atoms with Crippen LogP contribution in [-0.4, -0.2) is 30.3 Å². The van der Waals surface area contributed by atoms with Gasteiger partial charge in [0.15, 0.2) is 11.5 Å². The molecule has 5 nitrogen and oxygen atoms in total. The lowest BCUT2D eigenvalue weighted by molar-refractivity contribution is 0.279. The molecule has 0 bridgehead atoms. The highest BCUT2D eigenvalue weighted by molar-refractivity contribution is 5.46. The van der Waals surface area contributed by atoms with Crippen LogP contribution in [0, 0.1) is 0 Å². The molecule has 1 aromatic heterocycles. The molecule has 5 heteroatoms. The normalized spacial score (nSPS) is 10.5. The van der Waals surface area contributed by atoms with Crippen molar-refractivity contribution in [2.24, 2.45) is 0 Å². The summed E-state index contributed by atoms with van der Waals surface area (Å²) < 4.78 is 13.3. The van der Waals surface area contributed by atoms with Crippen molar-refractivity contribution < 1.29 is 9.47 Å². The highest BCUT2D eigenvalue weighted by Gasteiger charge is 2.09. The van der Waals surface area contributed by atoms with Crippen molar-refractivity contribution in [3.8, 4) is 11.5 Å². The molecule has 0 unspecified atom stereocenters. The van der Waals surface area contributed by atoms with Gasteiger partial charge in [0.25, 0.3) is 0 Å². The van der Waals surface area contributed by atoms with Crippen LogP contribution in [0.4, 0.5) is 0 Å². The van der Waals surface area contributed by atoms with E-state index in [4.69, 9.17) is 9.47 Å². The van der Waals surface area contributed by atoms with Crippen LogP contribution in [0.5, 0.6) is 11.5 Å². The highest BCUT2D eigenvalue weighted by atomic mass is 16.5. The summed E-state index contributed by atoms with van der Waals surface area (Å²) in [7, 11) is 3.58. The van der Waals surface area contributed by atoms with Crippen molar-refractivity contribution in [3.63, 3.8) is 0 Å². The quantitative estimate of drug-likeness (QED) is 0.749. The average molecular weight is 275 g/mol. The number of hydrogen-bond acceptors (Lipinski definition) is 4. The highest BCUT2D eigenvalue weighted by Crippen LogP contribution is 2.31. The first-order valence-electron chi connectivity index (χ1n) is 6.74. The molecule has 0 saturated heterocycles. The molecule has 0 fully saturated rings. The van der Waals surface area contributed by atoms with E-state index in [0.717, 1.165) is 36.6 Å². The summed E-state index contributed by atoms with van der Waals surface area (Å²) in [6.07, 6.45) is 6.48. The fourth-order valence-corrected chi connectivity index (χ4v) is 2.06. The SMILES string of the molecule is CNCc1cccc(OC)c1OCCCn1ccnc1. The zero-order chi connectivity index (χ0) is 14.2. The van der Waals surface area contributed by atoms with E-state index in [-0.39, 0.29) is 0 Å². The standard InChI is InChI=1S/C15H21N3O2/c1-16-11-13-5-3-6-14(19-2)15(13)20-10-4-8-18-9-7-17-12-18/h3,5-7,9,12,16H,4,8,10-11H2,1-2H3. The van der Waals surface area contributed by atoms with Crippen LogP contribution in [-0.2, 0) is 13.1 Å². The van der Waals surface area contributed by atoms with Crippen LogP contribution in [0.3, 0.4) is 0 Å². The number of hydrogen-bond donors (Lipinski definition) is 1. The molecule has 0 aliphatic heterocycles. The van der Waals surface area contributed by atoms with Gasteiger partial charge in [0.1, 0.15) is 0 Å². The first kappa shape index (κ1) is 14.4. The summed E-state index contributed by atoms with van der Waals surface area (Å²) in [5.41, 5.74) is 1.11. The summed E-state index contributed by atoms with van der Waals surface area (Å²) in [5.74, 6) is 1.61. The Balaban J connectivity index is 1.93. The maximum absolute atomic E-state index is 5.91. The van der Waals surface area contributed by atoms with Gasteiger partial charge in [0.05, 0.1) is 20.0 Å². The molecule has 108 valence electrons. The maximum atomic E-state index is 5.91. The molecule has 20 heavy (non-hydrogen) atoms. The molecule has 1 aromatic carbocycles. The monoisotopic (exact) mass is 275 g/mol. The number of ether oxygens (including phenoxy) is 2. The van der Waals surface area contributed by atoms with Crippen LogP contribution in [0.1, 0.15) is 12.0 Å². The third-order valence-electron chi connectivity index (χ3n) is 3.01. The summed E-state index contributed by atoms with van der Waals surface area (Å²) in [4.78, 5) is 4.02. The van der Waals surface area contributed by atoms with Crippen LogP contribution in [0.25, 0.3) is 0 Å². The van der Waals surface area contributed by atoms with E-state index in [1.807, 2.05) is 42.3 Å². The van der Waals surface area contributed by atoms with Gasteiger partial charge >= 0.3 is 0 Å². The van der Waals surface area contributed by atoms with Gasteiger partial charge in [0, 0.05) is 31.0 Å². The Hall–Kier alpha value is -2.01. The molecule has 0 aliphatic carbocycles. The van der Waals surface area contributed by atoms with Gasteiger partial charge in [0.2, 0.25) is 0 Å². The van der Waals surface area contributed by atoms with E-state index < -0.39 is 0 Å². The number of aromatic nitrogens is 2. The van der Waals surface area contributed by atoms with Crippen molar-refractivity contribution in [2.45, 2.75) is 19.5 Å². The number of rotatable bonds is 8. The van der Waals surface area contributed by atoms with Crippen LogP contribution in [0.2, 0.25) is 0 Å². The van der Waals surface area contributed by atoms with E-state index >= 15 is 0 Å². The third kappa shape index (κ3) is 3.74. The van der Waals surface area contributed by atoms with Crippen molar-refractivity contribution in [1.82, 2.24) is 14.9 Å². The minimum absolute atomic E-state index is 0.648. The largest absolute Gasteiger partial charge is 0.493 e. The van der Waals surface area contributed by atoms with Crippen LogP contribution in [0.15, 0.2) is 36.9 Å². The number of para-hydroxylation sites is 1. The van der Waals surface area contributed by atoms with Gasteiger partial charge in [-0.3, -0.25) is 0 Å². The molecule has 0 spiro atoms. The van der Waals surface area contributed by atoms with Crippen molar-refractivity contribution in [1.29, 1.82) is 0 Å². The molecule has 0 saturated carbocycles. The average Bonchev–Trinajstić information content (AvgIpc) is 2.98. The van der Waals surface area contributed by atoms with Gasteiger partial charge in [-0.05, 0) is 19.5 Å². The summed E-state index contributed by atoms with van der Waals surface area (Å²) in [5, 5.41) is 3.14. The van der Waals surface area contributed by atoms with Crippen molar-refractivity contribution >= 4 is 0 Å². The Bertz CT molecular complexity index is 512. The van der Waals surface area contributed by atoms with E-state index in [1.54, 1.807) is 13.3 Å². The second-order valence-electron chi connectivity index (χ2n) is 4.48. The minimum Gasteiger partial charge on any atom is -0.493 e. The molecule has 0 atom stereocenters. The van der Waals surface area contributed by atoms with Gasteiger partial charge in [-0.15, -0.1) is 0 Å². The molecular weight excluding hydrogens is 254 g/mol. The predicted octanol–water partition coefficient (Wildman–Crippen LogP) is 2.08. The zero-order valence-electron chi connectivity index (χ0n) is 12.0. The van der Waals surface area contributed by atoms with E-state index in [9.17, 15) is 0 Å². The number of aryl methyl sites for hydroxylation is 1. The second-order valence-corrected chi connectivity index (χ2v) is 4.48. The molecule has 0 amide bonds. The fourth-order valence-electron chi connectivity index (χ4n) is 2.06. The molecule has 1 N–H and O–H groups in total. The Morgan fingerprint density at radius 1 is 1.35 bits per heavy atom. The Morgan fingerprint density at radius 2 is 2.25 bits per heavy atom. The van der Waals surface area contributed by atoms with E-state index in [2.05, 4.69) is 10.3 Å². The van der Waals surface area contributed by atoms with Gasteiger partial charge in [-0.25, -0.2) is 4.98 Å². The van der Waals surface area contributed by atoms with Crippen LogP contribution >= 0.6 is 0 Å².